The van der Waals surface area contributed by atoms with Gasteiger partial charge in [0.25, 0.3) is 0 Å². The lowest BCUT2D eigenvalue weighted by Crippen LogP contribution is -2.48. The summed E-state index contributed by atoms with van der Waals surface area (Å²) in [6.45, 7) is 6.04. The van der Waals surface area contributed by atoms with Gasteiger partial charge >= 0.3 is 0 Å². The molecule has 116 valence electrons. The lowest BCUT2D eigenvalue weighted by Gasteiger charge is -2.37. The van der Waals surface area contributed by atoms with Crippen molar-refractivity contribution in [3.05, 3.63) is 35.9 Å². The van der Waals surface area contributed by atoms with E-state index in [0.29, 0.717) is 0 Å². The summed E-state index contributed by atoms with van der Waals surface area (Å²) in [5.74, 6) is 0.876. The molecule has 1 saturated carbocycles. The Morgan fingerprint density at radius 3 is 2.43 bits per heavy atom. The maximum atomic E-state index is 3.97. The Morgan fingerprint density at radius 1 is 1.00 bits per heavy atom. The molecule has 2 aliphatic rings. The second-order valence-corrected chi connectivity index (χ2v) is 7.07. The summed E-state index contributed by atoms with van der Waals surface area (Å²) in [5.41, 5.74) is 1.45. The molecule has 2 unspecified atom stereocenters. The molecular formula is C19H30N2. The molecule has 2 fully saturated rings. The molecule has 0 spiro atoms. The second-order valence-electron chi connectivity index (χ2n) is 7.07. The topological polar surface area (TPSA) is 15.3 Å². The van der Waals surface area contributed by atoms with Crippen LogP contribution in [0.2, 0.25) is 0 Å². The molecule has 1 saturated heterocycles. The van der Waals surface area contributed by atoms with Crippen LogP contribution in [0.1, 0.15) is 51.0 Å². The molecule has 2 heteroatoms. The smallest absolute Gasteiger partial charge is 0.0233 e. The van der Waals surface area contributed by atoms with Crippen LogP contribution in [0.4, 0.5) is 0 Å². The molecule has 1 aliphatic heterocycles. The summed E-state index contributed by atoms with van der Waals surface area (Å²) in [4.78, 5) is 2.61. The highest BCUT2D eigenvalue weighted by atomic mass is 15.1. The van der Waals surface area contributed by atoms with E-state index >= 15 is 0 Å². The van der Waals surface area contributed by atoms with E-state index in [-0.39, 0.29) is 0 Å². The summed E-state index contributed by atoms with van der Waals surface area (Å²) in [7, 11) is 0. The van der Waals surface area contributed by atoms with Crippen molar-refractivity contribution in [3.8, 4) is 0 Å². The first-order chi connectivity index (χ1) is 10.3. The molecule has 3 rings (SSSR count). The third kappa shape index (κ3) is 4.31. The largest absolute Gasteiger partial charge is 0.311 e. The van der Waals surface area contributed by atoms with Gasteiger partial charge in [0.15, 0.2) is 0 Å². The first kappa shape index (κ1) is 15.1. The number of likely N-dealkylation sites (tertiary alicyclic amines) is 1. The van der Waals surface area contributed by atoms with Crippen LogP contribution in [0.25, 0.3) is 0 Å². The summed E-state index contributed by atoms with van der Waals surface area (Å²) < 4.78 is 0. The van der Waals surface area contributed by atoms with E-state index in [1.165, 1.54) is 57.2 Å². The highest BCUT2D eigenvalue weighted by molar-refractivity contribution is 5.14. The Morgan fingerprint density at radius 2 is 1.71 bits per heavy atom. The lowest BCUT2D eigenvalue weighted by atomic mass is 9.85. The quantitative estimate of drug-likeness (QED) is 0.905. The van der Waals surface area contributed by atoms with Gasteiger partial charge in [0, 0.05) is 18.6 Å². The Balaban J connectivity index is 1.42. The standard InChI is InChI=1S/C19H30N2/c1-16-7-5-6-10-19(16)20-18-11-13-21(14-12-18)15-17-8-3-2-4-9-17/h2-4,8-9,16,18-20H,5-7,10-15H2,1H3. The summed E-state index contributed by atoms with van der Waals surface area (Å²) >= 11 is 0. The van der Waals surface area contributed by atoms with Crippen molar-refractivity contribution < 1.29 is 0 Å². The van der Waals surface area contributed by atoms with Crippen molar-refractivity contribution in [3.63, 3.8) is 0 Å². The maximum Gasteiger partial charge on any atom is 0.0233 e. The first-order valence-electron chi connectivity index (χ1n) is 8.83. The van der Waals surface area contributed by atoms with Crippen molar-refractivity contribution in [1.82, 2.24) is 10.2 Å². The van der Waals surface area contributed by atoms with E-state index in [9.17, 15) is 0 Å². The number of benzene rings is 1. The van der Waals surface area contributed by atoms with E-state index in [0.717, 1.165) is 24.5 Å². The Labute approximate surface area is 129 Å². The minimum Gasteiger partial charge on any atom is -0.311 e. The lowest BCUT2D eigenvalue weighted by molar-refractivity contribution is 0.166. The third-order valence-corrected chi connectivity index (χ3v) is 5.40. The number of hydrogen-bond donors (Lipinski definition) is 1. The monoisotopic (exact) mass is 286 g/mol. The van der Waals surface area contributed by atoms with Crippen molar-refractivity contribution >= 4 is 0 Å². The fourth-order valence-electron chi connectivity index (χ4n) is 3.97. The van der Waals surface area contributed by atoms with Crippen LogP contribution in [0.3, 0.4) is 0 Å². The van der Waals surface area contributed by atoms with E-state index in [1.807, 2.05) is 0 Å². The average molecular weight is 286 g/mol. The van der Waals surface area contributed by atoms with Crippen molar-refractivity contribution in [2.75, 3.05) is 13.1 Å². The van der Waals surface area contributed by atoms with Gasteiger partial charge in [0.1, 0.15) is 0 Å². The fraction of sp³-hybridized carbons (Fsp3) is 0.684. The molecule has 1 aromatic rings. The number of rotatable bonds is 4. The predicted molar refractivity (Wildman–Crippen MR) is 89.3 cm³/mol. The van der Waals surface area contributed by atoms with Gasteiger partial charge in [0.05, 0.1) is 0 Å². The van der Waals surface area contributed by atoms with Crippen molar-refractivity contribution in [1.29, 1.82) is 0 Å². The van der Waals surface area contributed by atoms with E-state index < -0.39 is 0 Å². The fourth-order valence-corrected chi connectivity index (χ4v) is 3.97. The molecular weight excluding hydrogens is 256 g/mol. The van der Waals surface area contributed by atoms with Gasteiger partial charge in [-0.1, -0.05) is 50.1 Å². The zero-order valence-electron chi connectivity index (χ0n) is 13.4. The molecule has 0 amide bonds. The SMILES string of the molecule is CC1CCCCC1NC1CCN(Cc2ccccc2)CC1. The van der Waals surface area contributed by atoms with Crippen molar-refractivity contribution in [2.45, 2.75) is 64.1 Å². The van der Waals surface area contributed by atoms with Gasteiger partial charge in [-0.3, -0.25) is 4.90 Å². The molecule has 0 bridgehead atoms. The number of nitrogens with zero attached hydrogens (tertiary/aromatic N) is 1. The molecule has 1 aliphatic carbocycles. The van der Waals surface area contributed by atoms with Crippen LogP contribution < -0.4 is 5.32 Å². The second kappa shape index (κ2) is 7.42. The first-order valence-corrected chi connectivity index (χ1v) is 8.83. The Kier molecular flexibility index (Phi) is 5.32. The third-order valence-electron chi connectivity index (χ3n) is 5.40. The van der Waals surface area contributed by atoms with Crippen LogP contribution in [0.15, 0.2) is 30.3 Å². The molecule has 1 aromatic carbocycles. The molecule has 0 radical (unpaired) electrons. The minimum absolute atomic E-state index is 0.752. The van der Waals surface area contributed by atoms with Gasteiger partial charge < -0.3 is 5.32 Å². The van der Waals surface area contributed by atoms with Crippen LogP contribution in [-0.2, 0) is 6.54 Å². The van der Waals surface area contributed by atoms with E-state index in [4.69, 9.17) is 0 Å². The highest BCUT2D eigenvalue weighted by Gasteiger charge is 2.26. The van der Waals surface area contributed by atoms with E-state index in [1.54, 1.807) is 0 Å². The average Bonchev–Trinajstić information content (AvgIpc) is 2.52. The number of piperidine rings is 1. The molecule has 2 nitrogen and oxygen atoms in total. The van der Waals surface area contributed by atoms with Crippen LogP contribution in [-0.4, -0.2) is 30.1 Å². The summed E-state index contributed by atoms with van der Waals surface area (Å²) in [6, 6.07) is 12.4. The summed E-state index contributed by atoms with van der Waals surface area (Å²) in [5, 5.41) is 3.97. The predicted octanol–water partition coefficient (Wildman–Crippen LogP) is 3.82. The Bertz CT molecular complexity index is 409. The molecule has 21 heavy (non-hydrogen) atoms. The van der Waals surface area contributed by atoms with Crippen LogP contribution in [0, 0.1) is 5.92 Å². The van der Waals surface area contributed by atoms with Gasteiger partial charge in [-0.15, -0.1) is 0 Å². The summed E-state index contributed by atoms with van der Waals surface area (Å²) in [6.07, 6.45) is 8.31. The molecule has 1 N–H and O–H groups in total. The zero-order valence-corrected chi connectivity index (χ0v) is 13.4. The zero-order chi connectivity index (χ0) is 14.5. The van der Waals surface area contributed by atoms with Crippen LogP contribution >= 0.6 is 0 Å². The maximum absolute atomic E-state index is 3.97. The number of hydrogen-bond acceptors (Lipinski definition) is 2. The van der Waals surface area contributed by atoms with Crippen LogP contribution in [0.5, 0.6) is 0 Å². The van der Waals surface area contributed by atoms with Gasteiger partial charge in [-0.2, -0.15) is 0 Å². The molecule has 1 heterocycles. The Hall–Kier alpha value is -0.860. The van der Waals surface area contributed by atoms with Gasteiger partial charge in [-0.05, 0) is 50.3 Å². The minimum atomic E-state index is 0.752. The van der Waals surface area contributed by atoms with Gasteiger partial charge in [0.2, 0.25) is 0 Å². The molecule has 0 aromatic heterocycles. The van der Waals surface area contributed by atoms with Gasteiger partial charge in [-0.25, -0.2) is 0 Å². The normalized spacial score (nSPS) is 28.6. The molecule has 2 atom stereocenters. The van der Waals surface area contributed by atoms with Crippen molar-refractivity contribution in [2.24, 2.45) is 5.92 Å². The van der Waals surface area contributed by atoms with E-state index in [2.05, 4.69) is 47.5 Å². The number of nitrogens with one attached hydrogen (secondary N) is 1. The highest BCUT2D eigenvalue weighted by Crippen LogP contribution is 2.25.